The van der Waals surface area contributed by atoms with Crippen LogP contribution in [-0.2, 0) is 11.3 Å². The van der Waals surface area contributed by atoms with Gasteiger partial charge >= 0.3 is 0 Å². The number of rotatable bonds is 4. The van der Waals surface area contributed by atoms with Gasteiger partial charge in [-0.1, -0.05) is 18.2 Å². The Morgan fingerprint density at radius 1 is 0.964 bits per heavy atom. The van der Waals surface area contributed by atoms with Crippen LogP contribution in [0.1, 0.15) is 38.7 Å². The second-order valence-electron chi connectivity index (χ2n) is 6.99. The van der Waals surface area contributed by atoms with Crippen molar-refractivity contribution >= 4 is 11.8 Å². The van der Waals surface area contributed by atoms with E-state index >= 15 is 0 Å². The van der Waals surface area contributed by atoms with Crippen LogP contribution in [0.4, 0.5) is 0 Å². The van der Waals surface area contributed by atoms with Crippen LogP contribution in [0.5, 0.6) is 0 Å². The average molecular weight is 379 g/mol. The van der Waals surface area contributed by atoms with E-state index in [1.807, 2.05) is 75.6 Å². The van der Waals surface area contributed by atoms with Gasteiger partial charge < -0.3 is 4.57 Å². The Kier molecular flexibility index (Phi) is 5.35. The maximum atomic E-state index is 12.6. The lowest BCUT2D eigenvalue weighted by atomic mass is 10.2. The lowest BCUT2D eigenvalue weighted by molar-refractivity contribution is -0.122. The average Bonchev–Trinajstić information content (AvgIpc) is 3.11. The van der Waals surface area contributed by atoms with Crippen molar-refractivity contribution < 1.29 is 9.59 Å². The summed E-state index contributed by atoms with van der Waals surface area (Å²) in [5.41, 5.74) is 11.1. The van der Waals surface area contributed by atoms with Crippen molar-refractivity contribution in [1.82, 2.24) is 25.2 Å². The first-order valence-corrected chi connectivity index (χ1v) is 9.13. The Morgan fingerprint density at radius 3 is 2.32 bits per heavy atom. The second-order valence-corrected chi connectivity index (χ2v) is 6.99. The number of hydrogen-bond acceptors (Lipinski definition) is 3. The number of nitrogens with zero attached hydrogens (tertiary/aromatic N) is 3. The van der Waals surface area contributed by atoms with Gasteiger partial charge in [-0.25, -0.2) is 0 Å². The largest absolute Gasteiger partial charge is 0.317 e. The minimum atomic E-state index is -0.352. The summed E-state index contributed by atoms with van der Waals surface area (Å²) in [5.74, 6) is -0.693. The highest BCUT2D eigenvalue weighted by Gasteiger charge is 2.18. The molecule has 2 N–H and O–H groups in total. The summed E-state index contributed by atoms with van der Waals surface area (Å²) in [4.78, 5) is 24.8. The quantitative estimate of drug-likeness (QED) is 0.684. The van der Waals surface area contributed by atoms with Crippen molar-refractivity contribution in [3.05, 3.63) is 70.3 Å². The monoisotopic (exact) mass is 379 g/mol. The molecule has 1 aromatic carbocycles. The van der Waals surface area contributed by atoms with E-state index < -0.39 is 0 Å². The molecule has 0 bridgehead atoms. The van der Waals surface area contributed by atoms with Crippen LogP contribution in [0, 0.1) is 34.6 Å². The van der Waals surface area contributed by atoms with Crippen LogP contribution < -0.4 is 10.9 Å². The summed E-state index contributed by atoms with van der Waals surface area (Å²) in [6, 6.07) is 11.7. The lowest BCUT2D eigenvalue weighted by Crippen LogP contribution is -2.43. The SMILES string of the molecule is Cc1cc(C)n(CC(=O)NNC(=O)c2cc(C)n(-c3ccccc3C)c2C)n1. The molecule has 2 aromatic heterocycles. The van der Waals surface area contributed by atoms with Gasteiger partial charge in [-0.3, -0.25) is 25.1 Å². The van der Waals surface area contributed by atoms with E-state index in [-0.39, 0.29) is 18.4 Å². The van der Waals surface area contributed by atoms with Crippen molar-refractivity contribution in [3.8, 4) is 5.69 Å². The van der Waals surface area contributed by atoms with Gasteiger partial charge in [-0.2, -0.15) is 5.10 Å². The molecule has 0 aliphatic carbocycles. The standard InChI is InChI=1S/C21H25N5O2/c1-13-8-6-7-9-19(13)26-16(4)11-18(17(26)5)21(28)23-22-20(27)12-25-15(3)10-14(2)24-25/h6-11H,12H2,1-5H3,(H,22,27)(H,23,28). The molecule has 0 atom stereocenters. The smallest absolute Gasteiger partial charge is 0.271 e. The summed E-state index contributed by atoms with van der Waals surface area (Å²) in [7, 11) is 0. The van der Waals surface area contributed by atoms with Crippen LogP contribution in [0.2, 0.25) is 0 Å². The molecule has 0 unspecified atom stereocenters. The number of para-hydroxylation sites is 1. The molecule has 2 amide bonds. The normalized spacial score (nSPS) is 10.8. The zero-order valence-electron chi connectivity index (χ0n) is 16.8. The highest BCUT2D eigenvalue weighted by Crippen LogP contribution is 2.23. The van der Waals surface area contributed by atoms with Gasteiger partial charge in [0.25, 0.3) is 11.8 Å². The van der Waals surface area contributed by atoms with Crippen LogP contribution >= 0.6 is 0 Å². The van der Waals surface area contributed by atoms with Gasteiger partial charge in [0.2, 0.25) is 0 Å². The molecule has 0 fully saturated rings. The lowest BCUT2D eigenvalue weighted by Gasteiger charge is -2.13. The van der Waals surface area contributed by atoms with Crippen molar-refractivity contribution in [3.63, 3.8) is 0 Å². The minimum Gasteiger partial charge on any atom is -0.317 e. The van der Waals surface area contributed by atoms with Crippen molar-refractivity contribution in [2.45, 2.75) is 41.2 Å². The summed E-state index contributed by atoms with van der Waals surface area (Å²) < 4.78 is 3.64. The topological polar surface area (TPSA) is 81.0 Å². The molecule has 0 aliphatic heterocycles. The highest BCUT2D eigenvalue weighted by molar-refractivity contribution is 5.97. The maximum Gasteiger partial charge on any atom is 0.271 e. The van der Waals surface area contributed by atoms with Gasteiger partial charge in [0.05, 0.1) is 11.3 Å². The first kappa shape index (κ1) is 19.4. The number of benzene rings is 1. The third-order valence-electron chi connectivity index (χ3n) is 4.74. The van der Waals surface area contributed by atoms with E-state index in [1.165, 1.54) is 0 Å². The minimum absolute atomic E-state index is 0.0438. The summed E-state index contributed by atoms with van der Waals surface area (Å²) in [6.07, 6.45) is 0. The zero-order chi connectivity index (χ0) is 20.4. The number of carbonyl (C=O) groups excluding carboxylic acids is 2. The van der Waals surface area contributed by atoms with E-state index in [4.69, 9.17) is 0 Å². The van der Waals surface area contributed by atoms with E-state index in [0.717, 1.165) is 34.0 Å². The molecule has 0 saturated heterocycles. The van der Waals surface area contributed by atoms with Crippen molar-refractivity contribution in [2.24, 2.45) is 0 Å². The molecule has 0 spiro atoms. The van der Waals surface area contributed by atoms with E-state index in [0.29, 0.717) is 5.56 Å². The fraction of sp³-hybridized carbons (Fsp3) is 0.286. The number of carbonyl (C=O) groups is 2. The van der Waals surface area contributed by atoms with E-state index in [1.54, 1.807) is 4.68 Å². The molecule has 3 rings (SSSR count). The zero-order valence-corrected chi connectivity index (χ0v) is 16.8. The Labute approximate surface area is 164 Å². The Morgan fingerprint density at radius 2 is 1.68 bits per heavy atom. The number of hydrogen-bond donors (Lipinski definition) is 2. The molecule has 2 heterocycles. The van der Waals surface area contributed by atoms with E-state index in [2.05, 4.69) is 16.0 Å². The molecule has 3 aromatic rings. The van der Waals surface area contributed by atoms with Gasteiger partial charge in [-0.05, 0) is 58.4 Å². The van der Waals surface area contributed by atoms with Crippen molar-refractivity contribution in [1.29, 1.82) is 0 Å². The maximum absolute atomic E-state index is 12.6. The third-order valence-corrected chi connectivity index (χ3v) is 4.74. The molecule has 0 radical (unpaired) electrons. The first-order chi connectivity index (χ1) is 13.3. The molecule has 7 nitrogen and oxygen atoms in total. The number of hydrazine groups is 1. The third kappa shape index (κ3) is 3.83. The molecule has 0 aliphatic rings. The molecule has 7 heteroatoms. The van der Waals surface area contributed by atoms with Gasteiger partial charge in [0.1, 0.15) is 6.54 Å². The Balaban J connectivity index is 1.71. The van der Waals surface area contributed by atoms with Crippen LogP contribution in [0.25, 0.3) is 5.69 Å². The summed E-state index contributed by atoms with van der Waals surface area (Å²) in [5, 5.41) is 4.25. The second kappa shape index (κ2) is 7.72. The number of aryl methyl sites for hydroxylation is 4. The van der Waals surface area contributed by atoms with Crippen LogP contribution in [0.15, 0.2) is 36.4 Å². The van der Waals surface area contributed by atoms with Gasteiger partial charge in [0.15, 0.2) is 0 Å². The number of nitrogens with one attached hydrogen (secondary N) is 2. The van der Waals surface area contributed by atoms with E-state index in [9.17, 15) is 9.59 Å². The predicted molar refractivity (Wildman–Crippen MR) is 107 cm³/mol. The van der Waals surface area contributed by atoms with Crippen LogP contribution in [0.3, 0.4) is 0 Å². The summed E-state index contributed by atoms with van der Waals surface area (Å²) >= 11 is 0. The van der Waals surface area contributed by atoms with Crippen molar-refractivity contribution in [2.75, 3.05) is 0 Å². The molecular weight excluding hydrogens is 354 g/mol. The number of amides is 2. The molecule has 146 valence electrons. The first-order valence-electron chi connectivity index (χ1n) is 9.13. The van der Waals surface area contributed by atoms with Crippen LogP contribution in [-0.4, -0.2) is 26.2 Å². The Hall–Kier alpha value is -3.35. The fourth-order valence-electron chi connectivity index (χ4n) is 3.38. The molecule has 0 saturated carbocycles. The summed E-state index contributed by atoms with van der Waals surface area (Å²) in [6.45, 7) is 9.68. The van der Waals surface area contributed by atoms with Gasteiger partial charge in [-0.15, -0.1) is 0 Å². The molecular formula is C21H25N5O2. The predicted octanol–water partition coefficient (Wildman–Crippen LogP) is 2.68. The van der Waals surface area contributed by atoms with Gasteiger partial charge in [0, 0.05) is 22.8 Å². The number of aromatic nitrogens is 3. The Bertz CT molecular complexity index is 1050. The highest BCUT2D eigenvalue weighted by atomic mass is 16.2. The fourth-order valence-corrected chi connectivity index (χ4v) is 3.38. The molecule has 28 heavy (non-hydrogen) atoms.